The highest BCUT2D eigenvalue weighted by molar-refractivity contribution is 5.75. The predicted octanol–water partition coefficient (Wildman–Crippen LogP) is 2.49. The summed E-state index contributed by atoms with van der Waals surface area (Å²) in [6.07, 6.45) is -12.8. The van der Waals surface area contributed by atoms with Crippen molar-refractivity contribution in [2.45, 2.75) is 44.5 Å². The second-order valence-electron chi connectivity index (χ2n) is 6.08. The topological polar surface area (TPSA) is 46.1 Å². The molecule has 0 radical (unpaired) electrons. The van der Waals surface area contributed by atoms with Crippen LogP contribution >= 0.6 is 0 Å². The predicted molar refractivity (Wildman–Crippen MR) is 72.1 cm³/mol. The number of amidine groups is 1. The number of nitrogens with one attached hydrogen (secondary N) is 1. The van der Waals surface area contributed by atoms with Crippen molar-refractivity contribution in [3.63, 3.8) is 0 Å². The van der Waals surface area contributed by atoms with E-state index in [9.17, 15) is 26.3 Å². The highest BCUT2D eigenvalue weighted by Crippen LogP contribution is 2.46. The zero-order valence-corrected chi connectivity index (χ0v) is 13.2. The molecule has 0 aromatic heterocycles. The van der Waals surface area contributed by atoms with Crippen molar-refractivity contribution in [2.75, 3.05) is 26.3 Å². The first kappa shape index (κ1) is 19.1. The van der Waals surface area contributed by atoms with Gasteiger partial charge in [0.15, 0.2) is 6.23 Å². The van der Waals surface area contributed by atoms with Gasteiger partial charge in [0.05, 0.1) is 13.2 Å². The van der Waals surface area contributed by atoms with Gasteiger partial charge in [0.25, 0.3) is 6.02 Å². The lowest BCUT2D eigenvalue weighted by Crippen LogP contribution is -2.71. The number of morpholine rings is 1. The molecule has 11 heteroatoms. The van der Waals surface area contributed by atoms with Crippen molar-refractivity contribution in [1.29, 1.82) is 0 Å². The normalized spacial score (nSPS) is 25.5. The fraction of sp³-hybridized carbons (Fsp3) is 0.923. The third-order valence-corrected chi connectivity index (χ3v) is 3.67. The maximum absolute atomic E-state index is 13.4. The number of ether oxygens (including phenoxy) is 2. The van der Waals surface area contributed by atoms with Crippen LogP contribution in [0.15, 0.2) is 4.99 Å². The van der Waals surface area contributed by atoms with Gasteiger partial charge in [-0.25, -0.2) is 5.32 Å². The Labute approximate surface area is 135 Å². The van der Waals surface area contributed by atoms with Gasteiger partial charge in [0.1, 0.15) is 0 Å². The Morgan fingerprint density at radius 2 is 1.71 bits per heavy atom. The van der Waals surface area contributed by atoms with Crippen molar-refractivity contribution < 1.29 is 35.8 Å². The maximum atomic E-state index is 13.4. The summed E-state index contributed by atoms with van der Waals surface area (Å²) in [4.78, 5) is 4.18. The Bertz CT molecular complexity index is 457. The van der Waals surface area contributed by atoms with E-state index in [2.05, 4.69) is 4.99 Å². The quantitative estimate of drug-likeness (QED) is 0.766. The molecular weight excluding hydrogens is 344 g/mol. The summed E-state index contributed by atoms with van der Waals surface area (Å²) < 4.78 is 90.5. The molecule has 2 heterocycles. The molecule has 1 fully saturated rings. The number of nitrogens with zero attached hydrogens (tertiary/aromatic N) is 2. The lowest BCUT2D eigenvalue weighted by atomic mass is 10.1. The molecule has 140 valence electrons. The van der Waals surface area contributed by atoms with Gasteiger partial charge in [0.2, 0.25) is 0 Å². The third-order valence-electron chi connectivity index (χ3n) is 3.67. The van der Waals surface area contributed by atoms with E-state index in [0.717, 1.165) is 0 Å². The molecule has 1 saturated heterocycles. The summed E-state index contributed by atoms with van der Waals surface area (Å²) in [6.45, 7) is 3.92. The van der Waals surface area contributed by atoms with Crippen molar-refractivity contribution in [2.24, 2.45) is 10.9 Å². The van der Waals surface area contributed by atoms with Gasteiger partial charge in [-0.1, -0.05) is 13.8 Å². The molecule has 0 bridgehead atoms. The number of hydrogen-bond donors (Lipinski definition) is 1. The smallest absolute Gasteiger partial charge is 0.436 e. The summed E-state index contributed by atoms with van der Waals surface area (Å²) in [7, 11) is 0. The van der Waals surface area contributed by atoms with Crippen LogP contribution in [0, 0.1) is 5.92 Å². The van der Waals surface area contributed by atoms with Crippen LogP contribution < -0.4 is 5.32 Å². The molecule has 5 nitrogen and oxygen atoms in total. The van der Waals surface area contributed by atoms with Gasteiger partial charge in [0, 0.05) is 19.5 Å². The van der Waals surface area contributed by atoms with Gasteiger partial charge < -0.3 is 14.4 Å². The van der Waals surface area contributed by atoms with Crippen LogP contribution in [0.3, 0.4) is 0 Å². The van der Waals surface area contributed by atoms with Crippen molar-refractivity contribution >= 4 is 6.02 Å². The molecule has 0 amide bonds. The first-order valence-corrected chi connectivity index (χ1v) is 7.46. The molecule has 2 rings (SSSR count). The highest BCUT2D eigenvalue weighted by Gasteiger charge is 2.74. The van der Waals surface area contributed by atoms with Gasteiger partial charge in [-0.2, -0.15) is 31.3 Å². The Hall–Kier alpha value is -1.23. The van der Waals surface area contributed by atoms with E-state index in [1.54, 1.807) is 13.8 Å². The lowest BCUT2D eigenvalue weighted by Gasteiger charge is -2.43. The fourth-order valence-electron chi connectivity index (χ4n) is 2.48. The molecular formula is C13H19F6N3O2. The van der Waals surface area contributed by atoms with Gasteiger partial charge in [-0.3, -0.25) is 0 Å². The summed E-state index contributed by atoms with van der Waals surface area (Å²) in [5.41, 5.74) is -4.38. The van der Waals surface area contributed by atoms with E-state index >= 15 is 0 Å². The second-order valence-corrected chi connectivity index (χ2v) is 6.08. The number of halogens is 6. The molecule has 0 aromatic rings. The van der Waals surface area contributed by atoms with E-state index in [1.165, 1.54) is 10.2 Å². The summed E-state index contributed by atoms with van der Waals surface area (Å²) in [6, 6.07) is -0.655. The zero-order valence-electron chi connectivity index (χ0n) is 13.2. The van der Waals surface area contributed by atoms with Crippen molar-refractivity contribution in [1.82, 2.24) is 10.2 Å². The second kappa shape index (κ2) is 6.58. The molecule has 0 saturated carbocycles. The van der Waals surface area contributed by atoms with Gasteiger partial charge in [-0.05, 0) is 5.92 Å². The van der Waals surface area contributed by atoms with Crippen LogP contribution in [-0.4, -0.2) is 61.5 Å². The summed E-state index contributed by atoms with van der Waals surface area (Å²) in [5, 5.41) is 1.53. The van der Waals surface area contributed by atoms with Crippen LogP contribution in [0.1, 0.15) is 20.3 Å². The minimum Gasteiger partial charge on any atom is -0.446 e. The van der Waals surface area contributed by atoms with Gasteiger partial charge in [-0.15, -0.1) is 0 Å². The van der Waals surface area contributed by atoms with Crippen LogP contribution in [0.5, 0.6) is 0 Å². The Kier molecular flexibility index (Phi) is 5.24. The minimum absolute atomic E-state index is 0.0305. The van der Waals surface area contributed by atoms with Gasteiger partial charge >= 0.3 is 18.0 Å². The molecule has 0 spiro atoms. The highest BCUT2D eigenvalue weighted by atomic mass is 19.4. The number of alkyl halides is 6. The van der Waals surface area contributed by atoms with Crippen LogP contribution in [-0.2, 0) is 9.47 Å². The van der Waals surface area contributed by atoms with E-state index < -0.39 is 30.3 Å². The average Bonchev–Trinajstić information content (AvgIpc) is 2.44. The molecule has 2 aliphatic rings. The summed E-state index contributed by atoms with van der Waals surface area (Å²) in [5.74, 6) is -0.175. The largest absolute Gasteiger partial charge is 0.446 e. The van der Waals surface area contributed by atoms with Crippen molar-refractivity contribution in [3.8, 4) is 0 Å². The molecule has 2 aliphatic heterocycles. The van der Waals surface area contributed by atoms with E-state index in [1.807, 2.05) is 0 Å². The first-order valence-electron chi connectivity index (χ1n) is 7.46. The number of rotatable bonds is 2. The first-order chi connectivity index (χ1) is 11.0. The molecule has 0 aliphatic carbocycles. The van der Waals surface area contributed by atoms with E-state index in [-0.39, 0.29) is 38.6 Å². The summed E-state index contributed by atoms with van der Waals surface area (Å²) >= 11 is 0. The maximum Gasteiger partial charge on any atom is 0.436 e. The SMILES string of the molecule is CC(C)CC1NC(C(F)(F)F)(C(F)(F)F)N=C(N2CCOCC2)O1. The lowest BCUT2D eigenvalue weighted by molar-refractivity contribution is -0.316. The van der Waals surface area contributed by atoms with E-state index in [4.69, 9.17) is 9.47 Å². The standard InChI is InChI=1S/C13H19F6N3O2/c1-8(2)7-9-20-11(12(14,15)16,13(17,18)19)21-10(24-9)22-3-5-23-6-4-22/h8-9,20H,3-7H2,1-2H3. The van der Waals surface area contributed by atoms with Crippen LogP contribution in [0.2, 0.25) is 0 Å². The number of aliphatic imine (C=N–C) groups is 1. The third kappa shape index (κ3) is 3.71. The Morgan fingerprint density at radius 3 is 2.17 bits per heavy atom. The molecule has 0 aromatic carbocycles. The van der Waals surface area contributed by atoms with Crippen molar-refractivity contribution in [3.05, 3.63) is 0 Å². The molecule has 1 unspecified atom stereocenters. The zero-order chi connectivity index (χ0) is 18.2. The molecule has 1 N–H and O–H groups in total. The van der Waals surface area contributed by atoms with Crippen LogP contribution in [0.4, 0.5) is 26.3 Å². The van der Waals surface area contributed by atoms with E-state index in [0.29, 0.717) is 0 Å². The monoisotopic (exact) mass is 363 g/mol. The fourth-order valence-corrected chi connectivity index (χ4v) is 2.48. The average molecular weight is 363 g/mol. The molecule has 1 atom stereocenters. The van der Waals surface area contributed by atoms with Crippen LogP contribution in [0.25, 0.3) is 0 Å². The Morgan fingerprint density at radius 1 is 1.17 bits per heavy atom. The number of hydrogen-bond acceptors (Lipinski definition) is 5. The minimum atomic E-state index is -5.66. The Balaban J connectivity index is 2.45. The molecule has 24 heavy (non-hydrogen) atoms.